The molecule has 31 heavy (non-hydrogen) atoms. The first-order chi connectivity index (χ1) is 14.7. The van der Waals surface area contributed by atoms with Gasteiger partial charge in [-0.05, 0) is 30.3 Å². The van der Waals surface area contributed by atoms with Crippen LogP contribution in [0.1, 0.15) is 0 Å². The van der Waals surface area contributed by atoms with Gasteiger partial charge in [-0.1, -0.05) is 23.2 Å². The number of pyridine rings is 1. The van der Waals surface area contributed by atoms with Crippen LogP contribution >= 0.6 is 23.2 Å². The van der Waals surface area contributed by atoms with Crippen molar-refractivity contribution in [1.29, 1.82) is 0 Å². The lowest BCUT2D eigenvalue weighted by Crippen LogP contribution is -2.53. The second-order valence-corrected chi connectivity index (χ2v) is 9.52. The number of sulfonamides is 1. The molecule has 3 aromatic rings. The molecule has 12 heteroatoms. The Labute approximate surface area is 187 Å². The van der Waals surface area contributed by atoms with E-state index in [-0.39, 0.29) is 28.2 Å². The molecule has 8 nitrogen and oxygen atoms in total. The Kier molecular flexibility index (Phi) is 5.73. The van der Waals surface area contributed by atoms with Gasteiger partial charge in [-0.3, -0.25) is 4.79 Å². The number of imidazole rings is 1. The summed E-state index contributed by atoms with van der Waals surface area (Å²) in [7, 11) is -2.56. The Morgan fingerprint density at radius 1 is 1.26 bits per heavy atom. The zero-order chi connectivity index (χ0) is 22.3. The van der Waals surface area contributed by atoms with Gasteiger partial charge in [0.25, 0.3) is 0 Å². The van der Waals surface area contributed by atoms with E-state index in [1.165, 1.54) is 41.7 Å². The summed E-state index contributed by atoms with van der Waals surface area (Å²) < 4.78 is 44.5. The molecule has 162 valence electrons. The predicted octanol–water partition coefficient (Wildman–Crippen LogP) is 3.38. The van der Waals surface area contributed by atoms with Crippen molar-refractivity contribution in [1.82, 2.24) is 19.3 Å². The Morgan fingerprint density at radius 3 is 2.61 bits per heavy atom. The topological polar surface area (TPSA) is 105 Å². The number of nitrogens with one attached hydrogen (secondary N) is 1. The molecule has 1 aliphatic rings. The van der Waals surface area contributed by atoms with E-state index in [0.717, 1.165) is 6.20 Å². The zero-order valence-corrected chi connectivity index (χ0v) is 18.3. The predicted molar refractivity (Wildman–Crippen MR) is 111 cm³/mol. The highest BCUT2D eigenvalue weighted by molar-refractivity contribution is 7.89. The van der Waals surface area contributed by atoms with E-state index in [4.69, 9.17) is 23.2 Å². The number of H-pyrrole nitrogens is 1. The minimum Gasteiger partial charge on any atom is -0.469 e. The lowest BCUT2D eigenvalue weighted by molar-refractivity contribution is -0.149. The molecule has 0 aliphatic carbocycles. The number of nitrogens with zero attached hydrogens (tertiary/aromatic N) is 3. The molecule has 0 saturated carbocycles. The maximum Gasteiger partial charge on any atom is 0.311 e. The molecule has 1 N–H and O–H groups in total. The van der Waals surface area contributed by atoms with Crippen LogP contribution in [0.25, 0.3) is 22.8 Å². The first-order valence-electron chi connectivity index (χ1n) is 8.96. The lowest BCUT2D eigenvalue weighted by Gasteiger charge is -2.36. The summed E-state index contributed by atoms with van der Waals surface area (Å²) in [5.74, 6) is -1.10. The van der Waals surface area contributed by atoms with E-state index in [0.29, 0.717) is 22.8 Å². The van der Waals surface area contributed by atoms with Crippen molar-refractivity contribution in [3.05, 3.63) is 52.5 Å². The highest BCUT2D eigenvalue weighted by Crippen LogP contribution is 2.36. The van der Waals surface area contributed by atoms with E-state index in [2.05, 4.69) is 19.7 Å². The number of rotatable bonds is 5. The molecule has 0 radical (unpaired) electrons. The van der Waals surface area contributed by atoms with Gasteiger partial charge < -0.3 is 9.72 Å². The molecule has 4 rings (SSSR count). The van der Waals surface area contributed by atoms with Crippen molar-refractivity contribution in [3.8, 4) is 22.8 Å². The van der Waals surface area contributed by atoms with E-state index in [9.17, 15) is 17.6 Å². The second kappa shape index (κ2) is 8.19. The van der Waals surface area contributed by atoms with Gasteiger partial charge in [0.15, 0.2) is 5.82 Å². The minimum atomic E-state index is -3.82. The maximum absolute atomic E-state index is 13.1. The van der Waals surface area contributed by atoms with Crippen LogP contribution in [0.15, 0.2) is 41.4 Å². The molecular weight excluding hydrogens is 470 g/mol. The Bertz CT molecular complexity index is 1260. The van der Waals surface area contributed by atoms with Crippen molar-refractivity contribution in [2.24, 2.45) is 5.92 Å². The SMILES string of the molecule is COC(=O)C1CN(S(=O)(=O)c2ccc(-c3nc(-c4ccc(F)cn4)[nH]c3Cl)c(Cl)c2)C1. The normalized spacial score (nSPS) is 15.0. The van der Waals surface area contributed by atoms with E-state index in [1.807, 2.05) is 0 Å². The number of aromatic amines is 1. The number of hydrogen-bond acceptors (Lipinski definition) is 6. The molecule has 3 heterocycles. The van der Waals surface area contributed by atoms with E-state index in [1.54, 1.807) is 0 Å². The van der Waals surface area contributed by atoms with E-state index >= 15 is 0 Å². The molecule has 2 aromatic heterocycles. The highest BCUT2D eigenvalue weighted by Gasteiger charge is 2.41. The Morgan fingerprint density at radius 2 is 2.00 bits per heavy atom. The summed E-state index contributed by atoms with van der Waals surface area (Å²) in [6, 6.07) is 6.88. The van der Waals surface area contributed by atoms with Crippen LogP contribution in [0.4, 0.5) is 4.39 Å². The summed E-state index contributed by atoms with van der Waals surface area (Å²) >= 11 is 12.6. The molecule has 0 bridgehead atoms. The summed E-state index contributed by atoms with van der Waals surface area (Å²) in [6.45, 7) is 0.0984. The van der Waals surface area contributed by atoms with Crippen LogP contribution < -0.4 is 0 Å². The van der Waals surface area contributed by atoms with Crippen molar-refractivity contribution in [2.75, 3.05) is 20.2 Å². The number of aromatic nitrogens is 3. The summed E-state index contributed by atoms with van der Waals surface area (Å²) in [4.78, 5) is 22.6. The van der Waals surface area contributed by atoms with Gasteiger partial charge in [-0.25, -0.2) is 22.8 Å². The third kappa shape index (κ3) is 4.03. The molecule has 0 unspecified atom stereocenters. The molecular formula is C19H15Cl2FN4O4S. The molecule has 1 aromatic carbocycles. The number of hydrogen-bond donors (Lipinski definition) is 1. The number of carbonyl (C=O) groups is 1. The first-order valence-corrected chi connectivity index (χ1v) is 11.2. The van der Waals surface area contributed by atoms with Crippen LogP contribution in [0.5, 0.6) is 0 Å². The number of halogens is 3. The Balaban J connectivity index is 1.60. The van der Waals surface area contributed by atoms with Gasteiger partial charge in [-0.15, -0.1) is 0 Å². The van der Waals surface area contributed by atoms with E-state index < -0.39 is 27.7 Å². The van der Waals surface area contributed by atoms with Crippen molar-refractivity contribution in [3.63, 3.8) is 0 Å². The maximum atomic E-state index is 13.1. The van der Waals surface area contributed by atoms with Crippen molar-refractivity contribution >= 4 is 39.2 Å². The zero-order valence-electron chi connectivity index (χ0n) is 16.0. The number of carbonyl (C=O) groups excluding carboxylic acids is 1. The van der Waals surface area contributed by atoms with Crippen LogP contribution in [-0.4, -0.2) is 53.8 Å². The van der Waals surface area contributed by atoms with Gasteiger partial charge in [0.05, 0.1) is 29.1 Å². The van der Waals surface area contributed by atoms with Gasteiger partial charge in [0, 0.05) is 18.7 Å². The molecule has 1 fully saturated rings. The van der Waals surface area contributed by atoms with Gasteiger partial charge in [0.2, 0.25) is 10.0 Å². The summed E-state index contributed by atoms with van der Waals surface area (Å²) in [5, 5.41) is 0.292. The number of ether oxygens (including phenoxy) is 1. The van der Waals surface area contributed by atoms with Crippen LogP contribution in [-0.2, 0) is 19.6 Å². The summed E-state index contributed by atoms with van der Waals surface area (Å²) in [5.41, 5.74) is 1.08. The van der Waals surface area contributed by atoms with Crippen LogP contribution in [0.3, 0.4) is 0 Å². The third-order valence-corrected chi connectivity index (χ3v) is 7.26. The fourth-order valence-electron chi connectivity index (χ4n) is 3.12. The minimum absolute atomic E-state index is 0.0170. The third-order valence-electron chi connectivity index (χ3n) is 4.85. The fourth-order valence-corrected chi connectivity index (χ4v) is 5.24. The summed E-state index contributed by atoms with van der Waals surface area (Å²) in [6.07, 6.45) is 1.05. The Hall–Kier alpha value is -2.53. The second-order valence-electron chi connectivity index (χ2n) is 6.79. The monoisotopic (exact) mass is 484 g/mol. The first kappa shape index (κ1) is 21.7. The molecule has 1 saturated heterocycles. The molecule has 0 spiro atoms. The number of benzene rings is 1. The number of esters is 1. The van der Waals surface area contributed by atoms with Crippen LogP contribution in [0.2, 0.25) is 10.2 Å². The van der Waals surface area contributed by atoms with Gasteiger partial charge in [-0.2, -0.15) is 4.31 Å². The van der Waals surface area contributed by atoms with Gasteiger partial charge in [0.1, 0.15) is 22.4 Å². The largest absolute Gasteiger partial charge is 0.469 e. The smallest absolute Gasteiger partial charge is 0.311 e. The molecule has 0 atom stereocenters. The fraction of sp³-hybridized carbons (Fsp3) is 0.211. The number of methoxy groups -OCH3 is 1. The van der Waals surface area contributed by atoms with Crippen LogP contribution in [0, 0.1) is 11.7 Å². The average molecular weight is 485 g/mol. The molecule has 1 aliphatic heterocycles. The van der Waals surface area contributed by atoms with Crippen molar-refractivity contribution in [2.45, 2.75) is 4.90 Å². The quantitative estimate of drug-likeness (QED) is 0.556. The molecule has 0 amide bonds. The lowest BCUT2D eigenvalue weighted by atomic mass is 10.0. The average Bonchev–Trinajstić information content (AvgIpc) is 3.08. The standard InChI is InChI=1S/C19H15Cl2FN4O4S/c1-30-19(27)10-8-26(9-10)31(28,29)12-3-4-13(14(20)6-12)16-17(21)25-18(24-16)15-5-2-11(22)7-23-15/h2-7,10H,8-9H2,1H3,(H,24,25). The van der Waals surface area contributed by atoms with Gasteiger partial charge >= 0.3 is 5.97 Å². The van der Waals surface area contributed by atoms with Crippen molar-refractivity contribution < 1.29 is 22.3 Å². The highest BCUT2D eigenvalue weighted by atomic mass is 35.5.